The molecule has 0 spiro atoms. The summed E-state index contributed by atoms with van der Waals surface area (Å²) in [5.74, 6) is 0. The predicted molar refractivity (Wildman–Crippen MR) is 223 cm³/mol. The smallest absolute Gasteiger partial charge is 0.0788 e. The van der Waals surface area contributed by atoms with Crippen LogP contribution in [0.2, 0.25) is 0 Å². The van der Waals surface area contributed by atoms with Crippen molar-refractivity contribution in [3.63, 3.8) is 0 Å². The van der Waals surface area contributed by atoms with E-state index < -0.39 is 0 Å². The van der Waals surface area contributed by atoms with E-state index in [2.05, 4.69) is 187 Å². The molecule has 0 N–H and O–H groups in total. The first-order valence-electron chi connectivity index (χ1n) is 17.7. The van der Waals surface area contributed by atoms with Crippen LogP contribution in [0, 0.1) is 0 Å². The van der Waals surface area contributed by atoms with Crippen LogP contribution in [-0.4, -0.2) is 9.55 Å². The van der Waals surface area contributed by atoms with Crippen LogP contribution in [0.3, 0.4) is 0 Å². The fraction of sp³-hybridized carbons (Fsp3) is 0. The highest BCUT2D eigenvalue weighted by atomic mass is 32.1. The maximum Gasteiger partial charge on any atom is 0.0788 e. The first-order valence-corrected chi connectivity index (χ1v) is 18.5. The number of aromatic nitrogens is 2. The molecule has 3 heteroatoms. The molecule has 0 aliphatic carbocycles. The Bertz CT molecular complexity index is 3150. The van der Waals surface area contributed by atoms with Crippen LogP contribution in [0.25, 0.3) is 103 Å². The number of thiophene rings is 1. The van der Waals surface area contributed by atoms with Crippen LogP contribution >= 0.6 is 11.3 Å². The quantitative estimate of drug-likeness (QED) is 0.169. The molecule has 0 radical (unpaired) electrons. The molecule has 0 aliphatic rings. The summed E-state index contributed by atoms with van der Waals surface area (Å²) in [4.78, 5) is 5.18. The lowest BCUT2D eigenvalue weighted by atomic mass is 9.96. The minimum absolute atomic E-state index is 1.02. The molecule has 0 unspecified atom stereocenters. The third kappa shape index (κ3) is 4.40. The first-order chi connectivity index (χ1) is 25.8. The molecule has 242 valence electrons. The fourth-order valence-electron chi connectivity index (χ4n) is 8.18. The minimum Gasteiger partial charge on any atom is -0.309 e. The van der Waals surface area contributed by atoms with E-state index >= 15 is 0 Å². The number of benzene rings is 8. The zero-order valence-electron chi connectivity index (χ0n) is 28.1. The Morgan fingerprint density at radius 3 is 1.85 bits per heavy atom. The molecular formula is C49H30N2S. The lowest BCUT2D eigenvalue weighted by Crippen LogP contribution is -1.93. The van der Waals surface area contributed by atoms with Crippen LogP contribution in [0.5, 0.6) is 0 Å². The third-order valence-electron chi connectivity index (χ3n) is 10.6. The molecular weight excluding hydrogens is 649 g/mol. The zero-order valence-corrected chi connectivity index (χ0v) is 28.9. The summed E-state index contributed by atoms with van der Waals surface area (Å²) in [5.41, 5.74) is 11.7. The van der Waals surface area contributed by atoms with E-state index in [0.717, 1.165) is 16.8 Å². The summed E-state index contributed by atoms with van der Waals surface area (Å²) in [7, 11) is 0. The van der Waals surface area contributed by atoms with Gasteiger partial charge < -0.3 is 4.57 Å². The molecule has 11 aromatic rings. The van der Waals surface area contributed by atoms with Crippen LogP contribution in [0.4, 0.5) is 0 Å². The van der Waals surface area contributed by atoms with Gasteiger partial charge in [0.25, 0.3) is 0 Å². The highest BCUT2D eigenvalue weighted by Gasteiger charge is 2.18. The molecule has 0 saturated carbocycles. The zero-order chi connectivity index (χ0) is 34.2. The van der Waals surface area contributed by atoms with Crippen molar-refractivity contribution in [2.75, 3.05) is 0 Å². The molecule has 0 atom stereocenters. The van der Waals surface area contributed by atoms with Crippen LogP contribution in [0.15, 0.2) is 182 Å². The summed E-state index contributed by atoms with van der Waals surface area (Å²) in [6.45, 7) is 0. The van der Waals surface area contributed by atoms with Crippen molar-refractivity contribution in [1.29, 1.82) is 0 Å². The number of rotatable bonds is 4. The van der Waals surface area contributed by atoms with Gasteiger partial charge in [-0.05, 0) is 52.6 Å². The Labute approximate surface area is 304 Å². The van der Waals surface area contributed by atoms with Gasteiger partial charge in [-0.25, -0.2) is 4.98 Å². The second-order valence-corrected chi connectivity index (χ2v) is 14.5. The van der Waals surface area contributed by atoms with Crippen molar-refractivity contribution in [3.8, 4) is 39.2 Å². The summed E-state index contributed by atoms with van der Waals surface area (Å²) in [6.07, 6.45) is 0. The predicted octanol–water partition coefficient (Wildman–Crippen LogP) is 13.9. The second-order valence-electron chi connectivity index (χ2n) is 13.5. The molecule has 11 rings (SSSR count). The van der Waals surface area contributed by atoms with Gasteiger partial charge in [0.2, 0.25) is 0 Å². The van der Waals surface area contributed by atoms with E-state index in [-0.39, 0.29) is 0 Å². The van der Waals surface area contributed by atoms with Gasteiger partial charge in [-0.1, -0.05) is 152 Å². The SMILES string of the molecule is c1ccc(-c2nc3ccccc3c3c2ccc2c4cccc(-c5ccc(-c6ccc7c8ccccc8n(-c8ccccc8)c7c6)cc5)c4sc23)cc1. The number of para-hydroxylation sites is 3. The van der Waals surface area contributed by atoms with Crippen molar-refractivity contribution >= 4 is 75.0 Å². The van der Waals surface area contributed by atoms with Crippen molar-refractivity contribution in [3.05, 3.63) is 182 Å². The van der Waals surface area contributed by atoms with Gasteiger partial charge in [-0.15, -0.1) is 11.3 Å². The standard InChI is InChI=1S/C49H30N2S/c1-3-12-33(13-4-1)47-42-29-28-40-39-19-11-18-36(48(39)52-49(40)46(42)41-17-7-9-20-43(41)50-47)32-24-22-31(23-25-32)34-26-27-38-37-16-8-10-21-44(37)51(45(38)30-34)35-14-5-2-6-15-35/h1-30H. The highest BCUT2D eigenvalue weighted by molar-refractivity contribution is 7.27. The Morgan fingerprint density at radius 1 is 0.385 bits per heavy atom. The van der Waals surface area contributed by atoms with Crippen molar-refractivity contribution in [1.82, 2.24) is 9.55 Å². The number of hydrogen-bond donors (Lipinski definition) is 0. The van der Waals surface area contributed by atoms with Gasteiger partial charge >= 0.3 is 0 Å². The van der Waals surface area contributed by atoms with Crippen LogP contribution in [-0.2, 0) is 0 Å². The molecule has 0 aliphatic heterocycles. The number of fused-ring (bicyclic) bond motifs is 10. The van der Waals surface area contributed by atoms with E-state index in [0.29, 0.717) is 0 Å². The monoisotopic (exact) mass is 678 g/mol. The molecule has 0 bridgehead atoms. The van der Waals surface area contributed by atoms with Gasteiger partial charge in [-0.3, -0.25) is 0 Å². The summed E-state index contributed by atoms with van der Waals surface area (Å²) in [5, 5.41) is 8.80. The number of nitrogens with zero attached hydrogens (tertiary/aromatic N) is 2. The average Bonchev–Trinajstić information content (AvgIpc) is 3.77. The molecule has 2 nitrogen and oxygen atoms in total. The summed E-state index contributed by atoms with van der Waals surface area (Å²) < 4.78 is 5.01. The van der Waals surface area contributed by atoms with Crippen LogP contribution in [0.1, 0.15) is 0 Å². The lowest BCUT2D eigenvalue weighted by molar-refractivity contribution is 1.18. The van der Waals surface area contributed by atoms with Gasteiger partial charge in [0.1, 0.15) is 0 Å². The Balaban J connectivity index is 1.06. The summed E-state index contributed by atoms with van der Waals surface area (Å²) in [6, 6.07) is 65.9. The van der Waals surface area contributed by atoms with E-state index in [1.165, 1.54) is 86.1 Å². The molecule has 0 fully saturated rings. The van der Waals surface area contributed by atoms with Crippen molar-refractivity contribution < 1.29 is 0 Å². The Kier molecular flexibility index (Phi) is 6.46. The van der Waals surface area contributed by atoms with Gasteiger partial charge in [0, 0.05) is 58.4 Å². The van der Waals surface area contributed by atoms with E-state index in [1.807, 2.05) is 11.3 Å². The number of hydrogen-bond acceptors (Lipinski definition) is 2. The maximum atomic E-state index is 5.18. The molecule has 8 aromatic carbocycles. The highest BCUT2D eigenvalue weighted by Crippen LogP contribution is 2.46. The van der Waals surface area contributed by atoms with E-state index in [1.54, 1.807) is 0 Å². The number of pyridine rings is 1. The van der Waals surface area contributed by atoms with Crippen molar-refractivity contribution in [2.45, 2.75) is 0 Å². The Morgan fingerprint density at radius 2 is 1.00 bits per heavy atom. The normalized spacial score (nSPS) is 11.8. The van der Waals surface area contributed by atoms with E-state index in [4.69, 9.17) is 4.98 Å². The molecule has 3 heterocycles. The molecule has 52 heavy (non-hydrogen) atoms. The third-order valence-corrected chi connectivity index (χ3v) is 11.9. The van der Waals surface area contributed by atoms with E-state index in [9.17, 15) is 0 Å². The van der Waals surface area contributed by atoms with Gasteiger partial charge in [0.15, 0.2) is 0 Å². The Hall–Kier alpha value is -6.55. The van der Waals surface area contributed by atoms with Crippen LogP contribution < -0.4 is 0 Å². The maximum absolute atomic E-state index is 5.18. The lowest BCUT2D eigenvalue weighted by Gasteiger charge is -2.11. The topological polar surface area (TPSA) is 17.8 Å². The first kappa shape index (κ1) is 29.2. The average molecular weight is 679 g/mol. The molecule has 3 aromatic heterocycles. The van der Waals surface area contributed by atoms with Crippen molar-refractivity contribution in [2.24, 2.45) is 0 Å². The van der Waals surface area contributed by atoms with Gasteiger partial charge in [0.05, 0.1) is 22.2 Å². The summed E-state index contributed by atoms with van der Waals surface area (Å²) >= 11 is 1.90. The largest absolute Gasteiger partial charge is 0.309 e. The minimum atomic E-state index is 1.02. The molecule has 0 saturated heterocycles. The molecule has 0 amide bonds. The fourth-order valence-corrected chi connectivity index (χ4v) is 9.58. The second kappa shape index (κ2) is 11.5. The van der Waals surface area contributed by atoms with Gasteiger partial charge in [-0.2, -0.15) is 0 Å².